The molecule has 1 N–H and O–H groups in total. The van der Waals surface area contributed by atoms with Crippen LogP contribution in [0.2, 0.25) is 0 Å². The lowest BCUT2D eigenvalue weighted by atomic mass is 10.3. The lowest BCUT2D eigenvalue weighted by molar-refractivity contribution is -0.142. The van der Waals surface area contributed by atoms with Gasteiger partial charge in [0.05, 0.1) is 24.0 Å². The number of halogens is 2. The van der Waals surface area contributed by atoms with Crippen molar-refractivity contribution in [3.63, 3.8) is 0 Å². The minimum absolute atomic E-state index is 0.0614. The van der Waals surface area contributed by atoms with Crippen molar-refractivity contribution < 1.29 is 23.1 Å². The Labute approximate surface area is 151 Å². The number of nitrogens with one attached hydrogen (secondary N) is 1. The topological polar surface area (TPSA) is 68.3 Å². The van der Waals surface area contributed by atoms with Crippen LogP contribution in [-0.4, -0.2) is 28.7 Å². The summed E-state index contributed by atoms with van der Waals surface area (Å²) in [4.78, 5) is 27.8. The normalized spacial score (nSPS) is 11.8. The van der Waals surface area contributed by atoms with E-state index < -0.39 is 28.5 Å². The van der Waals surface area contributed by atoms with Gasteiger partial charge in [-0.3, -0.25) is 9.59 Å². The van der Waals surface area contributed by atoms with E-state index in [1.54, 1.807) is 19.2 Å². The molecule has 0 aliphatic carbocycles. The first-order valence-corrected chi connectivity index (χ1v) is 9.18. The Bertz CT molecular complexity index is 747. The number of carbonyl (C=O) groups is 2. The Morgan fingerprint density at radius 3 is 2.68 bits per heavy atom. The molecule has 0 radical (unpaired) electrons. The van der Waals surface area contributed by atoms with Gasteiger partial charge in [0.2, 0.25) is 5.91 Å². The first-order valence-electron chi connectivity index (χ1n) is 7.42. The number of esters is 1. The zero-order valence-electron chi connectivity index (χ0n) is 13.5. The van der Waals surface area contributed by atoms with E-state index in [1.807, 2.05) is 0 Å². The zero-order chi connectivity index (χ0) is 18.4. The van der Waals surface area contributed by atoms with Gasteiger partial charge in [-0.05, 0) is 26.0 Å². The molecule has 1 amide bonds. The number of para-hydroxylation sites is 1. The molecule has 0 aliphatic heterocycles. The van der Waals surface area contributed by atoms with Crippen molar-refractivity contribution in [1.29, 1.82) is 0 Å². The first kappa shape index (κ1) is 19.3. The Balaban J connectivity index is 1.95. The molecule has 1 aromatic heterocycles. The van der Waals surface area contributed by atoms with Crippen LogP contribution in [0.25, 0.3) is 0 Å². The second-order valence-corrected chi connectivity index (χ2v) is 7.38. The zero-order valence-corrected chi connectivity index (χ0v) is 15.2. The van der Waals surface area contributed by atoms with Gasteiger partial charge in [0.1, 0.15) is 17.3 Å². The van der Waals surface area contributed by atoms with Crippen LogP contribution in [0.1, 0.15) is 19.5 Å². The summed E-state index contributed by atoms with van der Waals surface area (Å²) in [6.07, 6.45) is 0.0614. The number of ether oxygens (including phenoxy) is 1. The van der Waals surface area contributed by atoms with Gasteiger partial charge in [-0.25, -0.2) is 13.8 Å². The summed E-state index contributed by atoms with van der Waals surface area (Å²) in [6, 6.07) is 3.36. The molecular weight excluding hydrogens is 370 g/mol. The molecule has 0 spiro atoms. The highest BCUT2D eigenvalue weighted by Crippen LogP contribution is 2.28. The fraction of sp³-hybridized carbons (Fsp3) is 0.312. The van der Waals surface area contributed by atoms with E-state index in [2.05, 4.69) is 10.3 Å². The predicted octanol–water partition coefficient (Wildman–Crippen LogP) is 3.65. The fourth-order valence-corrected chi connectivity index (χ4v) is 3.81. The maximum Gasteiger partial charge on any atom is 0.311 e. The third kappa shape index (κ3) is 5.50. The molecule has 0 unspecified atom stereocenters. The van der Waals surface area contributed by atoms with Gasteiger partial charge in [-0.1, -0.05) is 17.8 Å². The van der Waals surface area contributed by atoms with Crippen LogP contribution in [0, 0.1) is 11.6 Å². The van der Waals surface area contributed by atoms with Crippen molar-refractivity contribution in [2.24, 2.45) is 0 Å². The quantitative estimate of drug-likeness (QED) is 0.581. The van der Waals surface area contributed by atoms with Crippen molar-refractivity contribution in [2.45, 2.75) is 29.9 Å². The van der Waals surface area contributed by atoms with Crippen LogP contribution < -0.4 is 5.32 Å². The monoisotopic (exact) mass is 386 g/mol. The van der Waals surface area contributed by atoms with Crippen LogP contribution in [0.5, 0.6) is 0 Å². The molecule has 1 atom stereocenters. The number of carbonyl (C=O) groups excluding carboxylic acids is 2. The van der Waals surface area contributed by atoms with E-state index in [1.165, 1.54) is 17.4 Å². The lowest BCUT2D eigenvalue weighted by Crippen LogP contribution is -2.23. The number of rotatable bonds is 7. The first-order chi connectivity index (χ1) is 11.9. The van der Waals surface area contributed by atoms with Gasteiger partial charge in [0, 0.05) is 5.38 Å². The molecule has 9 heteroatoms. The van der Waals surface area contributed by atoms with Crippen LogP contribution in [0.4, 0.5) is 14.5 Å². The number of nitrogens with zero attached hydrogens (tertiary/aromatic N) is 1. The summed E-state index contributed by atoms with van der Waals surface area (Å²) in [5.41, 5.74) is 0.0841. The van der Waals surface area contributed by atoms with E-state index in [4.69, 9.17) is 4.74 Å². The van der Waals surface area contributed by atoms with Crippen molar-refractivity contribution in [1.82, 2.24) is 4.98 Å². The van der Waals surface area contributed by atoms with Gasteiger partial charge in [0.25, 0.3) is 0 Å². The molecule has 5 nitrogen and oxygen atoms in total. The number of hydrogen-bond donors (Lipinski definition) is 1. The molecule has 0 fully saturated rings. The summed E-state index contributed by atoms with van der Waals surface area (Å²) in [5, 5.41) is 3.33. The maximum absolute atomic E-state index is 13.6. The number of thiazole rings is 1. The number of hydrogen-bond acceptors (Lipinski definition) is 6. The molecule has 134 valence electrons. The van der Waals surface area contributed by atoms with E-state index in [0.29, 0.717) is 16.6 Å². The number of thioether (sulfide) groups is 1. The number of anilines is 1. The van der Waals surface area contributed by atoms with Crippen LogP contribution in [0.15, 0.2) is 27.9 Å². The molecule has 0 saturated heterocycles. The summed E-state index contributed by atoms with van der Waals surface area (Å²) < 4.78 is 32.6. The molecule has 25 heavy (non-hydrogen) atoms. The smallest absolute Gasteiger partial charge is 0.311 e. The fourth-order valence-electron chi connectivity index (χ4n) is 1.83. The standard InChI is InChI=1S/C16H16F2N2O3S2/c1-3-23-13(21)7-10-8-24-16(19-10)25-9(2)15(22)20-14-11(17)5-4-6-12(14)18/h4-6,8-9H,3,7H2,1-2H3,(H,20,22)/t9-/m1/s1. The maximum atomic E-state index is 13.6. The Hall–Kier alpha value is -2.00. The van der Waals surface area contributed by atoms with Gasteiger partial charge < -0.3 is 10.1 Å². The van der Waals surface area contributed by atoms with E-state index in [0.717, 1.165) is 23.9 Å². The van der Waals surface area contributed by atoms with Gasteiger partial charge in [-0.15, -0.1) is 11.3 Å². The highest BCUT2D eigenvalue weighted by Gasteiger charge is 2.20. The minimum Gasteiger partial charge on any atom is -0.466 e. The highest BCUT2D eigenvalue weighted by atomic mass is 32.2. The van der Waals surface area contributed by atoms with Gasteiger partial charge >= 0.3 is 5.97 Å². The summed E-state index contributed by atoms with van der Waals surface area (Å²) in [5.74, 6) is -2.59. The van der Waals surface area contributed by atoms with Crippen molar-refractivity contribution in [3.05, 3.63) is 40.9 Å². The van der Waals surface area contributed by atoms with Gasteiger partial charge in [0.15, 0.2) is 4.34 Å². The third-order valence-electron chi connectivity index (χ3n) is 3.02. The van der Waals surface area contributed by atoms with Crippen molar-refractivity contribution >= 4 is 40.7 Å². The molecule has 2 rings (SSSR count). The molecule has 0 bridgehead atoms. The van der Waals surface area contributed by atoms with Crippen LogP contribution in [0.3, 0.4) is 0 Å². The Kier molecular flexibility index (Phi) is 6.89. The van der Waals surface area contributed by atoms with Crippen molar-refractivity contribution in [2.75, 3.05) is 11.9 Å². The molecule has 0 aliphatic rings. The predicted molar refractivity (Wildman–Crippen MR) is 92.8 cm³/mol. The largest absolute Gasteiger partial charge is 0.466 e. The summed E-state index contributed by atoms with van der Waals surface area (Å²) in [6.45, 7) is 3.62. The molecule has 2 aromatic rings. The second-order valence-electron chi connectivity index (χ2n) is 4.93. The number of aromatic nitrogens is 1. The minimum atomic E-state index is -0.837. The average Bonchev–Trinajstić information content (AvgIpc) is 2.97. The Morgan fingerprint density at radius 1 is 1.36 bits per heavy atom. The van der Waals surface area contributed by atoms with Crippen LogP contribution in [-0.2, 0) is 20.7 Å². The molecule has 0 saturated carbocycles. The molecule has 1 aromatic carbocycles. The molecule has 1 heterocycles. The Morgan fingerprint density at radius 2 is 2.04 bits per heavy atom. The van der Waals surface area contributed by atoms with Gasteiger partial charge in [-0.2, -0.15) is 0 Å². The average molecular weight is 386 g/mol. The van der Waals surface area contributed by atoms with Crippen LogP contribution >= 0.6 is 23.1 Å². The second kappa shape index (κ2) is 8.91. The SMILES string of the molecule is CCOC(=O)Cc1csc(S[C@H](C)C(=O)Nc2c(F)cccc2F)n1. The lowest BCUT2D eigenvalue weighted by Gasteiger charge is -2.11. The number of benzene rings is 1. The molecular formula is C16H16F2N2O3S2. The summed E-state index contributed by atoms with van der Waals surface area (Å²) in [7, 11) is 0. The highest BCUT2D eigenvalue weighted by molar-refractivity contribution is 8.02. The third-order valence-corrected chi connectivity index (χ3v) is 5.14. The number of amides is 1. The van der Waals surface area contributed by atoms with Crippen molar-refractivity contribution in [3.8, 4) is 0 Å². The van der Waals surface area contributed by atoms with E-state index in [-0.39, 0.29) is 12.4 Å². The summed E-state index contributed by atoms with van der Waals surface area (Å²) >= 11 is 2.43. The van der Waals surface area contributed by atoms with E-state index >= 15 is 0 Å². The van der Waals surface area contributed by atoms with E-state index in [9.17, 15) is 18.4 Å².